The van der Waals surface area contributed by atoms with Gasteiger partial charge in [0.05, 0.1) is 19.3 Å². The minimum Gasteiger partial charge on any atom is -0.481 e. The summed E-state index contributed by atoms with van der Waals surface area (Å²) in [6, 6.07) is -0.139. The number of ether oxygens (including phenoxy) is 1. The first-order valence-electron chi connectivity index (χ1n) is 5.58. The highest BCUT2D eigenvalue weighted by Crippen LogP contribution is 2.26. The molecule has 17 heavy (non-hydrogen) atoms. The van der Waals surface area contributed by atoms with Crippen molar-refractivity contribution in [2.75, 3.05) is 24.7 Å². The second-order valence-electron chi connectivity index (χ2n) is 3.97. The summed E-state index contributed by atoms with van der Waals surface area (Å²) in [4.78, 5) is 17.3. The second kappa shape index (κ2) is 5.42. The molecule has 1 aromatic heterocycles. The molecule has 2 rings (SSSR count). The Labute approximate surface area is 103 Å². The van der Waals surface area contributed by atoms with Crippen LogP contribution in [0.15, 0.2) is 6.33 Å². The number of rotatable bonds is 5. The van der Waals surface area contributed by atoms with Gasteiger partial charge in [-0.3, -0.25) is 4.79 Å². The zero-order valence-corrected chi connectivity index (χ0v) is 10.4. The zero-order valence-electron chi connectivity index (χ0n) is 9.57. The molecule has 1 saturated heterocycles. The number of anilines is 1. The Balaban J connectivity index is 2.18. The molecular formula is C10H15N3O3S. The monoisotopic (exact) mass is 257 g/mol. The van der Waals surface area contributed by atoms with Crippen LogP contribution in [-0.4, -0.2) is 46.2 Å². The Hall–Kier alpha value is -1.21. The fraction of sp³-hybridized carbons (Fsp3) is 0.700. The minimum absolute atomic E-state index is 0.139. The van der Waals surface area contributed by atoms with Gasteiger partial charge < -0.3 is 14.7 Å². The van der Waals surface area contributed by atoms with Crippen molar-refractivity contribution >= 4 is 22.6 Å². The second-order valence-corrected chi connectivity index (χ2v) is 4.73. The van der Waals surface area contributed by atoms with E-state index in [9.17, 15) is 4.79 Å². The molecule has 0 amide bonds. The maximum atomic E-state index is 11.2. The van der Waals surface area contributed by atoms with Crippen LogP contribution in [0.2, 0.25) is 0 Å². The van der Waals surface area contributed by atoms with Crippen molar-refractivity contribution in [3.05, 3.63) is 6.33 Å². The molecule has 1 fully saturated rings. The first kappa shape index (κ1) is 12.3. The molecule has 2 atom stereocenters. The van der Waals surface area contributed by atoms with Gasteiger partial charge in [0.1, 0.15) is 12.2 Å². The standard InChI is InChI=1S/C10H15N3O3S/c1-2-3-13(10-11-6-12-17-10)8-5-16-4-7(8)9(14)15/h6-8H,2-5H2,1H3,(H,14,15). The minimum atomic E-state index is -0.807. The van der Waals surface area contributed by atoms with Gasteiger partial charge in [-0.05, 0) is 6.42 Å². The third-order valence-electron chi connectivity index (χ3n) is 2.83. The van der Waals surface area contributed by atoms with E-state index in [1.807, 2.05) is 4.90 Å². The molecule has 0 bridgehead atoms. The third-order valence-corrected chi connectivity index (χ3v) is 3.53. The molecular weight excluding hydrogens is 242 g/mol. The van der Waals surface area contributed by atoms with E-state index in [-0.39, 0.29) is 12.6 Å². The Bertz CT molecular complexity index is 371. The highest BCUT2D eigenvalue weighted by atomic mass is 32.1. The van der Waals surface area contributed by atoms with E-state index in [1.165, 1.54) is 17.9 Å². The lowest BCUT2D eigenvalue weighted by Gasteiger charge is -2.29. The topological polar surface area (TPSA) is 75.5 Å². The molecule has 1 aromatic rings. The largest absolute Gasteiger partial charge is 0.481 e. The lowest BCUT2D eigenvalue weighted by molar-refractivity contribution is -0.141. The van der Waals surface area contributed by atoms with Gasteiger partial charge in [0.25, 0.3) is 0 Å². The van der Waals surface area contributed by atoms with Crippen LogP contribution in [0, 0.1) is 5.92 Å². The van der Waals surface area contributed by atoms with E-state index in [4.69, 9.17) is 9.84 Å². The number of aromatic nitrogens is 2. The van der Waals surface area contributed by atoms with Crippen LogP contribution >= 0.6 is 11.5 Å². The number of carboxylic acid groups (broad SMARTS) is 1. The highest BCUT2D eigenvalue weighted by molar-refractivity contribution is 7.09. The number of aliphatic carboxylic acids is 1. The van der Waals surface area contributed by atoms with Crippen molar-refractivity contribution in [2.24, 2.45) is 5.92 Å². The summed E-state index contributed by atoms with van der Waals surface area (Å²) >= 11 is 1.29. The summed E-state index contributed by atoms with van der Waals surface area (Å²) in [7, 11) is 0. The van der Waals surface area contributed by atoms with Gasteiger partial charge in [-0.25, -0.2) is 4.98 Å². The fourth-order valence-corrected chi connectivity index (χ4v) is 2.64. The van der Waals surface area contributed by atoms with Crippen LogP contribution in [-0.2, 0) is 9.53 Å². The van der Waals surface area contributed by atoms with Crippen molar-refractivity contribution in [3.63, 3.8) is 0 Å². The van der Waals surface area contributed by atoms with Crippen LogP contribution in [0.4, 0.5) is 5.13 Å². The number of carbonyl (C=O) groups is 1. The molecule has 0 aromatic carbocycles. The van der Waals surface area contributed by atoms with Gasteiger partial charge >= 0.3 is 5.97 Å². The molecule has 7 heteroatoms. The molecule has 1 N–H and O–H groups in total. The molecule has 2 unspecified atom stereocenters. The van der Waals surface area contributed by atoms with E-state index in [0.717, 1.165) is 18.1 Å². The van der Waals surface area contributed by atoms with Crippen molar-refractivity contribution < 1.29 is 14.6 Å². The number of hydrogen-bond acceptors (Lipinski definition) is 6. The Kier molecular flexibility index (Phi) is 3.90. The lowest BCUT2D eigenvalue weighted by atomic mass is 10.0. The molecule has 0 radical (unpaired) electrons. The summed E-state index contributed by atoms with van der Waals surface area (Å²) in [5.41, 5.74) is 0. The number of carboxylic acids is 1. The first-order valence-corrected chi connectivity index (χ1v) is 6.35. The van der Waals surface area contributed by atoms with Gasteiger partial charge in [-0.1, -0.05) is 6.92 Å². The van der Waals surface area contributed by atoms with Crippen LogP contribution in [0.1, 0.15) is 13.3 Å². The van der Waals surface area contributed by atoms with Gasteiger partial charge in [0.15, 0.2) is 0 Å². The van der Waals surface area contributed by atoms with Crippen molar-refractivity contribution in [1.82, 2.24) is 9.36 Å². The van der Waals surface area contributed by atoms with Gasteiger partial charge in [0.2, 0.25) is 5.13 Å². The summed E-state index contributed by atoms with van der Waals surface area (Å²) in [5.74, 6) is -1.29. The Morgan fingerprint density at radius 3 is 3.12 bits per heavy atom. The van der Waals surface area contributed by atoms with E-state index in [0.29, 0.717) is 6.61 Å². The molecule has 1 aliphatic heterocycles. The molecule has 6 nitrogen and oxygen atoms in total. The smallest absolute Gasteiger partial charge is 0.311 e. The van der Waals surface area contributed by atoms with Crippen molar-refractivity contribution in [1.29, 1.82) is 0 Å². The van der Waals surface area contributed by atoms with Crippen LogP contribution in [0.3, 0.4) is 0 Å². The fourth-order valence-electron chi connectivity index (χ4n) is 2.02. The van der Waals surface area contributed by atoms with Crippen LogP contribution in [0.25, 0.3) is 0 Å². The lowest BCUT2D eigenvalue weighted by Crippen LogP contribution is -2.43. The van der Waals surface area contributed by atoms with Crippen LogP contribution < -0.4 is 4.90 Å². The predicted molar refractivity (Wildman–Crippen MR) is 63.3 cm³/mol. The first-order chi connectivity index (χ1) is 8.24. The quantitative estimate of drug-likeness (QED) is 0.843. The Morgan fingerprint density at radius 2 is 2.53 bits per heavy atom. The van der Waals surface area contributed by atoms with E-state index in [1.54, 1.807) is 0 Å². The van der Waals surface area contributed by atoms with E-state index < -0.39 is 11.9 Å². The van der Waals surface area contributed by atoms with Crippen molar-refractivity contribution in [2.45, 2.75) is 19.4 Å². The highest BCUT2D eigenvalue weighted by Gasteiger charge is 2.38. The molecule has 0 saturated carbocycles. The van der Waals surface area contributed by atoms with E-state index >= 15 is 0 Å². The van der Waals surface area contributed by atoms with E-state index in [2.05, 4.69) is 16.3 Å². The molecule has 0 spiro atoms. The maximum Gasteiger partial charge on any atom is 0.311 e. The normalized spacial score (nSPS) is 23.8. The summed E-state index contributed by atoms with van der Waals surface area (Å²) < 4.78 is 9.26. The molecule has 1 aliphatic rings. The average Bonchev–Trinajstić information content (AvgIpc) is 2.96. The molecule has 0 aliphatic carbocycles. The number of hydrogen-bond donors (Lipinski definition) is 1. The zero-order chi connectivity index (χ0) is 12.3. The van der Waals surface area contributed by atoms with Crippen LogP contribution in [0.5, 0.6) is 0 Å². The molecule has 94 valence electrons. The number of nitrogens with zero attached hydrogens (tertiary/aromatic N) is 3. The Morgan fingerprint density at radius 1 is 1.71 bits per heavy atom. The maximum absolute atomic E-state index is 11.2. The summed E-state index contributed by atoms with van der Waals surface area (Å²) in [6.07, 6.45) is 2.43. The predicted octanol–water partition coefficient (Wildman–Crippen LogP) is 0.854. The summed E-state index contributed by atoms with van der Waals surface area (Å²) in [6.45, 7) is 3.54. The SMILES string of the molecule is CCCN(c1ncns1)C1COCC1C(=O)O. The van der Waals surface area contributed by atoms with Gasteiger partial charge in [0, 0.05) is 18.1 Å². The molecule has 2 heterocycles. The van der Waals surface area contributed by atoms with Crippen molar-refractivity contribution in [3.8, 4) is 0 Å². The third kappa shape index (κ3) is 2.55. The van der Waals surface area contributed by atoms with Gasteiger partial charge in [-0.15, -0.1) is 0 Å². The van der Waals surface area contributed by atoms with Gasteiger partial charge in [-0.2, -0.15) is 4.37 Å². The summed E-state index contributed by atoms with van der Waals surface area (Å²) in [5, 5.41) is 9.93. The average molecular weight is 257 g/mol.